The monoisotopic (exact) mass is 228 g/mol. The predicted octanol–water partition coefficient (Wildman–Crippen LogP) is 0.493. The Morgan fingerprint density at radius 3 is 1.46 bits per heavy atom. The van der Waals surface area contributed by atoms with E-state index in [1.807, 2.05) is 0 Å². The number of rotatable bonds is 7. The third kappa shape index (κ3) is 14.5. The lowest BCUT2D eigenvalue weighted by molar-refractivity contribution is -0.137. The van der Waals surface area contributed by atoms with Crippen LogP contribution >= 0.6 is 21.6 Å². The van der Waals surface area contributed by atoms with E-state index in [0.717, 1.165) is 0 Å². The van der Waals surface area contributed by atoms with Crippen molar-refractivity contribution < 1.29 is 25.3 Å². The molecule has 0 heterocycles. The van der Waals surface area contributed by atoms with Crippen molar-refractivity contribution in [1.29, 1.82) is 0 Å². The van der Waals surface area contributed by atoms with E-state index in [1.54, 1.807) is 0 Å². The van der Waals surface area contributed by atoms with Gasteiger partial charge in [-0.3, -0.25) is 9.59 Å². The van der Waals surface area contributed by atoms with Crippen LogP contribution in [0.25, 0.3) is 0 Å². The number of hydrogen-bond acceptors (Lipinski definition) is 4. The van der Waals surface area contributed by atoms with Gasteiger partial charge in [0.15, 0.2) is 0 Å². The average molecular weight is 228 g/mol. The summed E-state index contributed by atoms with van der Waals surface area (Å²) in [5.41, 5.74) is 0. The largest absolute Gasteiger partial charge is 0.481 e. The van der Waals surface area contributed by atoms with Crippen molar-refractivity contribution in [2.24, 2.45) is 0 Å². The molecule has 0 aliphatic rings. The van der Waals surface area contributed by atoms with Gasteiger partial charge in [-0.25, -0.2) is 0 Å². The molecule has 5 nitrogen and oxygen atoms in total. The van der Waals surface area contributed by atoms with Crippen molar-refractivity contribution >= 4 is 33.5 Å². The zero-order valence-electron chi connectivity index (χ0n) is 6.86. The standard InChI is InChI=1S/C6H10O4S2.H2O/c7-5(8)1-3-11-12-4-2-6(9)10;/h1-4H2,(H,7,8)(H,9,10);1H2. The first-order valence-electron chi connectivity index (χ1n) is 3.31. The Labute approximate surface area is 83.6 Å². The quantitative estimate of drug-likeness (QED) is 0.485. The molecule has 0 rings (SSSR count). The van der Waals surface area contributed by atoms with E-state index < -0.39 is 11.9 Å². The molecular weight excluding hydrogens is 216 g/mol. The van der Waals surface area contributed by atoms with Crippen LogP contribution < -0.4 is 0 Å². The zero-order chi connectivity index (χ0) is 9.40. The zero-order valence-corrected chi connectivity index (χ0v) is 8.49. The summed E-state index contributed by atoms with van der Waals surface area (Å²) >= 11 is 0. The normalized spacial score (nSPS) is 8.92. The summed E-state index contributed by atoms with van der Waals surface area (Å²) in [6.07, 6.45) is 0.259. The molecular formula is C6H12O5S2. The van der Waals surface area contributed by atoms with E-state index in [2.05, 4.69) is 0 Å². The van der Waals surface area contributed by atoms with Gasteiger partial charge in [-0.05, 0) is 0 Å². The molecule has 0 aromatic heterocycles. The molecule has 0 radical (unpaired) electrons. The second kappa shape index (κ2) is 9.69. The summed E-state index contributed by atoms with van der Waals surface area (Å²) in [5, 5.41) is 16.5. The van der Waals surface area contributed by atoms with Crippen LogP contribution in [0.2, 0.25) is 0 Å². The molecule has 0 fully saturated rings. The van der Waals surface area contributed by atoms with Crippen molar-refractivity contribution in [3.05, 3.63) is 0 Å². The van der Waals surface area contributed by atoms with Gasteiger partial charge in [-0.2, -0.15) is 0 Å². The first-order chi connectivity index (χ1) is 5.63. The van der Waals surface area contributed by atoms with Crippen LogP contribution in [0.1, 0.15) is 12.8 Å². The van der Waals surface area contributed by atoms with Gasteiger partial charge in [0, 0.05) is 11.5 Å². The summed E-state index contributed by atoms with van der Waals surface area (Å²) in [4.78, 5) is 20.0. The molecule has 13 heavy (non-hydrogen) atoms. The third-order valence-corrected chi connectivity index (χ3v) is 3.29. The number of aliphatic carboxylic acids is 2. The third-order valence-electron chi connectivity index (χ3n) is 0.882. The molecule has 0 unspecified atom stereocenters. The highest BCUT2D eigenvalue weighted by molar-refractivity contribution is 8.76. The lowest BCUT2D eigenvalue weighted by Crippen LogP contribution is -1.96. The second-order valence-electron chi connectivity index (χ2n) is 1.93. The highest BCUT2D eigenvalue weighted by Gasteiger charge is 1.99. The van der Waals surface area contributed by atoms with Crippen molar-refractivity contribution in [1.82, 2.24) is 0 Å². The first-order valence-corrected chi connectivity index (χ1v) is 5.79. The maximum absolute atomic E-state index is 10.0. The lowest BCUT2D eigenvalue weighted by atomic mass is 10.5. The average Bonchev–Trinajstić information content (AvgIpc) is 1.95. The molecule has 7 heteroatoms. The molecule has 0 saturated carbocycles. The topological polar surface area (TPSA) is 106 Å². The smallest absolute Gasteiger partial charge is 0.304 e. The molecule has 0 saturated heterocycles. The molecule has 0 spiro atoms. The Morgan fingerprint density at radius 1 is 0.923 bits per heavy atom. The van der Waals surface area contributed by atoms with Crippen LogP contribution in [-0.4, -0.2) is 39.1 Å². The van der Waals surface area contributed by atoms with E-state index in [1.165, 1.54) is 21.6 Å². The van der Waals surface area contributed by atoms with E-state index in [0.29, 0.717) is 11.5 Å². The van der Waals surface area contributed by atoms with Crippen LogP contribution in [-0.2, 0) is 9.59 Å². The first kappa shape index (κ1) is 15.1. The summed E-state index contributed by atoms with van der Waals surface area (Å²) in [6.45, 7) is 0. The summed E-state index contributed by atoms with van der Waals surface area (Å²) in [5.74, 6) is -0.582. The molecule has 0 aromatic rings. The van der Waals surface area contributed by atoms with E-state index >= 15 is 0 Å². The van der Waals surface area contributed by atoms with E-state index in [-0.39, 0.29) is 18.3 Å². The number of hydrogen-bond donors (Lipinski definition) is 2. The van der Waals surface area contributed by atoms with Crippen molar-refractivity contribution in [2.75, 3.05) is 11.5 Å². The van der Waals surface area contributed by atoms with Crippen molar-refractivity contribution in [3.63, 3.8) is 0 Å². The van der Waals surface area contributed by atoms with Crippen molar-refractivity contribution in [3.8, 4) is 0 Å². The molecule has 0 bridgehead atoms. The fraction of sp³-hybridized carbons (Fsp3) is 0.667. The lowest BCUT2D eigenvalue weighted by Gasteiger charge is -1.95. The number of carboxylic acid groups (broad SMARTS) is 2. The van der Waals surface area contributed by atoms with Gasteiger partial charge in [0.25, 0.3) is 0 Å². The Kier molecular flexibility index (Phi) is 11.2. The minimum Gasteiger partial charge on any atom is -0.481 e. The Morgan fingerprint density at radius 2 is 1.23 bits per heavy atom. The fourth-order valence-corrected chi connectivity index (χ4v) is 2.33. The number of carboxylic acids is 2. The van der Waals surface area contributed by atoms with Gasteiger partial charge < -0.3 is 15.7 Å². The molecule has 0 aliphatic carbocycles. The van der Waals surface area contributed by atoms with Crippen molar-refractivity contribution in [2.45, 2.75) is 12.8 Å². The second-order valence-corrected chi connectivity index (χ2v) is 4.63. The van der Waals surface area contributed by atoms with Crippen LogP contribution in [0.3, 0.4) is 0 Å². The van der Waals surface area contributed by atoms with Crippen LogP contribution in [0.5, 0.6) is 0 Å². The SMILES string of the molecule is O.O=C(O)CCSSCCC(=O)O. The van der Waals surface area contributed by atoms with Crippen LogP contribution in [0, 0.1) is 0 Å². The predicted molar refractivity (Wildman–Crippen MR) is 53.0 cm³/mol. The van der Waals surface area contributed by atoms with Gasteiger partial charge in [-0.15, -0.1) is 0 Å². The Balaban J connectivity index is 0. The molecule has 0 amide bonds. The van der Waals surface area contributed by atoms with Gasteiger partial charge in [0.2, 0.25) is 0 Å². The summed E-state index contributed by atoms with van der Waals surface area (Å²) in [7, 11) is 2.79. The summed E-state index contributed by atoms with van der Waals surface area (Å²) in [6, 6.07) is 0. The number of carbonyl (C=O) groups is 2. The molecule has 4 N–H and O–H groups in total. The maximum Gasteiger partial charge on any atom is 0.304 e. The van der Waals surface area contributed by atoms with E-state index in [4.69, 9.17) is 10.2 Å². The Hall–Kier alpha value is -0.400. The van der Waals surface area contributed by atoms with Gasteiger partial charge in [-0.1, -0.05) is 21.6 Å². The van der Waals surface area contributed by atoms with Gasteiger partial charge in [0.05, 0.1) is 12.8 Å². The molecule has 78 valence electrons. The molecule has 0 atom stereocenters. The highest BCUT2D eigenvalue weighted by atomic mass is 33.1. The van der Waals surface area contributed by atoms with Crippen LogP contribution in [0.15, 0.2) is 0 Å². The highest BCUT2D eigenvalue weighted by Crippen LogP contribution is 2.22. The minimum absolute atomic E-state index is 0. The fourth-order valence-electron chi connectivity index (χ4n) is 0.376. The minimum atomic E-state index is -0.818. The van der Waals surface area contributed by atoms with Gasteiger partial charge >= 0.3 is 11.9 Å². The summed E-state index contributed by atoms with van der Waals surface area (Å²) < 4.78 is 0. The molecule has 0 aromatic carbocycles. The molecule has 0 aliphatic heterocycles. The van der Waals surface area contributed by atoms with Crippen LogP contribution in [0.4, 0.5) is 0 Å². The van der Waals surface area contributed by atoms with Gasteiger partial charge in [0.1, 0.15) is 0 Å². The Bertz CT molecular complexity index is 143. The maximum atomic E-state index is 10.0. The van der Waals surface area contributed by atoms with E-state index in [9.17, 15) is 9.59 Å².